The average Bonchev–Trinajstić information content (AvgIpc) is 3.10. The van der Waals surface area contributed by atoms with E-state index in [9.17, 15) is 4.79 Å². The Balaban J connectivity index is 1.99. The Bertz CT molecular complexity index is 670. The molecule has 0 aliphatic heterocycles. The van der Waals surface area contributed by atoms with Gasteiger partial charge in [0.05, 0.1) is 11.6 Å². The van der Waals surface area contributed by atoms with Crippen LogP contribution in [0, 0.1) is 11.3 Å². The SMILES string of the molecule is CN(C)CCN(Cc1ccc(C#N)cc1)C(=O)CCn1cccn1. The fraction of sp³-hybridized carbons (Fsp3) is 0.389. The number of benzene rings is 1. The predicted octanol–water partition coefficient (Wildman–Crippen LogP) is 1.74. The van der Waals surface area contributed by atoms with Gasteiger partial charge in [0.15, 0.2) is 0 Å². The van der Waals surface area contributed by atoms with Crippen LogP contribution in [-0.2, 0) is 17.9 Å². The van der Waals surface area contributed by atoms with Crippen LogP contribution in [-0.4, -0.2) is 52.7 Å². The third-order valence-electron chi connectivity index (χ3n) is 3.74. The zero-order chi connectivity index (χ0) is 17.4. The summed E-state index contributed by atoms with van der Waals surface area (Å²) < 4.78 is 1.77. The largest absolute Gasteiger partial charge is 0.337 e. The minimum atomic E-state index is 0.108. The second kappa shape index (κ2) is 8.85. The molecule has 0 radical (unpaired) electrons. The van der Waals surface area contributed by atoms with Crippen molar-refractivity contribution in [1.82, 2.24) is 19.6 Å². The smallest absolute Gasteiger partial charge is 0.224 e. The Labute approximate surface area is 142 Å². The van der Waals surface area contributed by atoms with E-state index in [4.69, 9.17) is 5.26 Å². The highest BCUT2D eigenvalue weighted by Gasteiger charge is 2.14. The Morgan fingerprint density at radius 2 is 2.00 bits per heavy atom. The molecule has 0 bridgehead atoms. The van der Waals surface area contributed by atoms with Gasteiger partial charge in [-0.25, -0.2) is 0 Å². The summed E-state index contributed by atoms with van der Waals surface area (Å²) in [5.41, 5.74) is 1.66. The zero-order valence-electron chi connectivity index (χ0n) is 14.2. The van der Waals surface area contributed by atoms with Crippen molar-refractivity contribution in [3.8, 4) is 6.07 Å². The molecule has 1 aromatic carbocycles. The summed E-state index contributed by atoms with van der Waals surface area (Å²) in [4.78, 5) is 16.5. The second-order valence-electron chi connectivity index (χ2n) is 5.95. The van der Waals surface area contributed by atoms with Crippen LogP contribution in [0.3, 0.4) is 0 Å². The molecule has 126 valence electrons. The van der Waals surface area contributed by atoms with Crippen LogP contribution >= 0.6 is 0 Å². The molecule has 24 heavy (non-hydrogen) atoms. The molecule has 6 heteroatoms. The fourth-order valence-corrected chi connectivity index (χ4v) is 2.32. The van der Waals surface area contributed by atoms with E-state index >= 15 is 0 Å². The Morgan fingerprint density at radius 1 is 1.25 bits per heavy atom. The molecule has 1 amide bonds. The van der Waals surface area contributed by atoms with E-state index in [0.717, 1.165) is 12.1 Å². The van der Waals surface area contributed by atoms with Crippen molar-refractivity contribution in [3.63, 3.8) is 0 Å². The number of carbonyl (C=O) groups excluding carboxylic acids is 1. The fourth-order valence-electron chi connectivity index (χ4n) is 2.32. The van der Waals surface area contributed by atoms with Gasteiger partial charge in [0.25, 0.3) is 0 Å². The molecule has 1 aromatic heterocycles. The molecule has 0 fully saturated rings. The molecule has 2 aromatic rings. The van der Waals surface area contributed by atoms with Gasteiger partial charge >= 0.3 is 0 Å². The summed E-state index contributed by atoms with van der Waals surface area (Å²) in [6.45, 7) is 2.61. The van der Waals surface area contributed by atoms with Gasteiger partial charge in [-0.3, -0.25) is 9.48 Å². The van der Waals surface area contributed by atoms with Crippen LogP contribution in [0.2, 0.25) is 0 Å². The Morgan fingerprint density at radius 3 is 2.58 bits per heavy atom. The first-order valence-electron chi connectivity index (χ1n) is 7.97. The van der Waals surface area contributed by atoms with Crippen molar-refractivity contribution in [1.29, 1.82) is 5.26 Å². The number of likely N-dealkylation sites (N-methyl/N-ethyl adjacent to an activating group) is 1. The average molecular weight is 325 g/mol. The zero-order valence-corrected chi connectivity index (χ0v) is 14.2. The first kappa shape index (κ1) is 17.7. The van der Waals surface area contributed by atoms with E-state index in [1.807, 2.05) is 43.4 Å². The minimum Gasteiger partial charge on any atom is -0.337 e. The standard InChI is InChI=1S/C18H23N5O/c1-21(2)12-13-22(15-17-6-4-16(14-19)5-7-17)18(24)8-11-23-10-3-9-20-23/h3-7,9-10H,8,11-13,15H2,1-2H3. The van der Waals surface area contributed by atoms with Gasteiger partial charge in [-0.1, -0.05) is 12.1 Å². The van der Waals surface area contributed by atoms with Crippen molar-refractivity contribution >= 4 is 5.91 Å². The van der Waals surface area contributed by atoms with Crippen molar-refractivity contribution < 1.29 is 4.79 Å². The molecule has 1 heterocycles. The highest BCUT2D eigenvalue weighted by atomic mass is 16.2. The molecule has 0 N–H and O–H groups in total. The summed E-state index contributed by atoms with van der Waals surface area (Å²) in [7, 11) is 3.99. The van der Waals surface area contributed by atoms with Crippen LogP contribution in [0.4, 0.5) is 0 Å². The predicted molar refractivity (Wildman–Crippen MR) is 92.0 cm³/mol. The summed E-state index contributed by atoms with van der Waals surface area (Å²) in [6, 6.07) is 11.3. The van der Waals surface area contributed by atoms with E-state index < -0.39 is 0 Å². The van der Waals surface area contributed by atoms with Crippen molar-refractivity contribution in [2.24, 2.45) is 0 Å². The van der Waals surface area contributed by atoms with Crippen LogP contribution < -0.4 is 0 Å². The quantitative estimate of drug-likeness (QED) is 0.741. The first-order valence-corrected chi connectivity index (χ1v) is 7.97. The molecule has 6 nitrogen and oxygen atoms in total. The minimum absolute atomic E-state index is 0.108. The summed E-state index contributed by atoms with van der Waals surface area (Å²) in [5, 5.41) is 13.0. The number of amides is 1. The molecule has 0 aliphatic rings. The molecular weight excluding hydrogens is 302 g/mol. The number of carbonyl (C=O) groups is 1. The molecule has 0 unspecified atom stereocenters. The van der Waals surface area contributed by atoms with Gasteiger partial charge < -0.3 is 9.80 Å². The summed E-state index contributed by atoms with van der Waals surface area (Å²) in [5.74, 6) is 0.108. The van der Waals surface area contributed by atoms with Gasteiger partial charge in [0.1, 0.15) is 0 Å². The Hall–Kier alpha value is -2.65. The monoisotopic (exact) mass is 325 g/mol. The van der Waals surface area contributed by atoms with E-state index in [2.05, 4.69) is 16.1 Å². The van der Waals surface area contributed by atoms with E-state index in [1.54, 1.807) is 23.0 Å². The number of nitrogens with zero attached hydrogens (tertiary/aromatic N) is 5. The molecular formula is C18H23N5O. The third-order valence-corrected chi connectivity index (χ3v) is 3.74. The number of aryl methyl sites for hydroxylation is 1. The molecule has 0 spiro atoms. The van der Waals surface area contributed by atoms with Crippen molar-refractivity contribution in [3.05, 3.63) is 53.9 Å². The van der Waals surface area contributed by atoms with E-state index in [1.165, 1.54) is 0 Å². The van der Waals surface area contributed by atoms with Gasteiger partial charge in [-0.15, -0.1) is 0 Å². The van der Waals surface area contributed by atoms with Gasteiger partial charge in [0.2, 0.25) is 5.91 Å². The second-order valence-corrected chi connectivity index (χ2v) is 5.95. The molecule has 2 rings (SSSR count). The topological polar surface area (TPSA) is 65.2 Å². The van der Waals surface area contributed by atoms with E-state index in [-0.39, 0.29) is 5.91 Å². The van der Waals surface area contributed by atoms with E-state index in [0.29, 0.717) is 31.6 Å². The summed E-state index contributed by atoms with van der Waals surface area (Å²) in [6.07, 6.45) is 3.99. The summed E-state index contributed by atoms with van der Waals surface area (Å²) >= 11 is 0. The maximum atomic E-state index is 12.6. The maximum Gasteiger partial charge on any atom is 0.224 e. The molecule has 0 aliphatic carbocycles. The number of hydrogen-bond donors (Lipinski definition) is 0. The highest BCUT2D eigenvalue weighted by molar-refractivity contribution is 5.76. The lowest BCUT2D eigenvalue weighted by atomic mass is 10.1. The number of aromatic nitrogens is 2. The van der Waals surface area contributed by atoms with Crippen molar-refractivity contribution in [2.45, 2.75) is 19.5 Å². The van der Waals surface area contributed by atoms with Crippen LogP contribution in [0.15, 0.2) is 42.7 Å². The lowest BCUT2D eigenvalue weighted by Gasteiger charge is -2.24. The van der Waals surface area contributed by atoms with Crippen LogP contribution in [0.5, 0.6) is 0 Å². The maximum absolute atomic E-state index is 12.6. The van der Waals surface area contributed by atoms with Crippen LogP contribution in [0.1, 0.15) is 17.5 Å². The lowest BCUT2D eigenvalue weighted by Crippen LogP contribution is -2.36. The lowest BCUT2D eigenvalue weighted by molar-refractivity contribution is -0.132. The van der Waals surface area contributed by atoms with Gasteiger partial charge in [-0.05, 0) is 37.9 Å². The van der Waals surface area contributed by atoms with Gasteiger partial charge in [0, 0.05) is 45.0 Å². The molecule has 0 atom stereocenters. The number of rotatable bonds is 8. The number of hydrogen-bond acceptors (Lipinski definition) is 4. The Kier molecular flexibility index (Phi) is 6.52. The van der Waals surface area contributed by atoms with Gasteiger partial charge in [-0.2, -0.15) is 10.4 Å². The highest BCUT2D eigenvalue weighted by Crippen LogP contribution is 2.09. The van der Waals surface area contributed by atoms with Crippen LogP contribution in [0.25, 0.3) is 0 Å². The van der Waals surface area contributed by atoms with Crippen molar-refractivity contribution in [2.75, 3.05) is 27.2 Å². The number of nitriles is 1. The third kappa shape index (κ3) is 5.52. The molecule has 0 saturated heterocycles. The first-order chi connectivity index (χ1) is 11.6. The molecule has 0 saturated carbocycles. The normalized spacial score (nSPS) is 10.6.